The van der Waals surface area contributed by atoms with Crippen LogP contribution in [-0.2, 0) is 6.54 Å². The van der Waals surface area contributed by atoms with Crippen LogP contribution in [0, 0.1) is 6.92 Å². The Hall–Kier alpha value is -1.61. The van der Waals surface area contributed by atoms with E-state index in [0.29, 0.717) is 0 Å². The van der Waals surface area contributed by atoms with E-state index >= 15 is 0 Å². The van der Waals surface area contributed by atoms with Gasteiger partial charge < -0.3 is 10.1 Å². The third-order valence-corrected chi connectivity index (χ3v) is 3.15. The summed E-state index contributed by atoms with van der Waals surface area (Å²) in [5.74, 6) is 0.782. The standard InChI is InChI=1S/C14H16N2O/c1-9-4-3-5-11-6-12-8-15-7-10(2)17-14(12)16-13(9)11/h3-6,10,15H,7-8H2,1-2H3/t10-/m1/s1. The molecular formula is C14H16N2O. The minimum absolute atomic E-state index is 0.171. The third-order valence-electron chi connectivity index (χ3n) is 3.15. The number of aromatic nitrogens is 1. The second-order valence-electron chi connectivity index (χ2n) is 4.66. The van der Waals surface area contributed by atoms with Crippen molar-refractivity contribution in [2.45, 2.75) is 26.5 Å². The van der Waals surface area contributed by atoms with Gasteiger partial charge in [0, 0.05) is 24.0 Å². The van der Waals surface area contributed by atoms with E-state index in [1.54, 1.807) is 0 Å². The van der Waals surface area contributed by atoms with E-state index in [1.165, 1.54) is 10.9 Å². The first-order valence-electron chi connectivity index (χ1n) is 6.00. The number of hydrogen-bond acceptors (Lipinski definition) is 3. The van der Waals surface area contributed by atoms with Crippen LogP contribution in [0.1, 0.15) is 18.1 Å². The molecule has 0 fully saturated rings. The lowest BCUT2D eigenvalue weighted by Gasteiger charge is -2.12. The van der Waals surface area contributed by atoms with Crippen LogP contribution < -0.4 is 10.1 Å². The van der Waals surface area contributed by atoms with E-state index in [0.717, 1.165) is 30.0 Å². The zero-order valence-corrected chi connectivity index (χ0v) is 10.2. The van der Waals surface area contributed by atoms with Gasteiger partial charge in [-0.1, -0.05) is 18.2 Å². The van der Waals surface area contributed by atoms with Crippen molar-refractivity contribution in [2.75, 3.05) is 6.54 Å². The summed E-state index contributed by atoms with van der Waals surface area (Å²) in [4.78, 5) is 4.66. The summed E-state index contributed by atoms with van der Waals surface area (Å²) in [7, 11) is 0. The average Bonchev–Trinajstić information content (AvgIpc) is 2.48. The van der Waals surface area contributed by atoms with Crippen molar-refractivity contribution in [3.63, 3.8) is 0 Å². The Morgan fingerprint density at radius 2 is 2.29 bits per heavy atom. The second kappa shape index (κ2) is 4.00. The predicted octanol–water partition coefficient (Wildman–Crippen LogP) is 2.41. The van der Waals surface area contributed by atoms with Crippen molar-refractivity contribution >= 4 is 10.9 Å². The molecule has 0 spiro atoms. The number of benzene rings is 1. The minimum atomic E-state index is 0.171. The Labute approximate surface area is 101 Å². The van der Waals surface area contributed by atoms with Gasteiger partial charge in [-0.3, -0.25) is 0 Å². The highest BCUT2D eigenvalue weighted by atomic mass is 16.5. The molecular weight excluding hydrogens is 212 g/mol. The smallest absolute Gasteiger partial charge is 0.218 e. The fraction of sp³-hybridized carbons (Fsp3) is 0.357. The van der Waals surface area contributed by atoms with Gasteiger partial charge in [-0.2, -0.15) is 0 Å². The maximum absolute atomic E-state index is 5.85. The highest BCUT2D eigenvalue weighted by molar-refractivity contribution is 5.83. The molecule has 0 radical (unpaired) electrons. The molecule has 1 aliphatic heterocycles. The van der Waals surface area contributed by atoms with Crippen LogP contribution in [0.25, 0.3) is 10.9 Å². The molecule has 3 rings (SSSR count). The maximum Gasteiger partial charge on any atom is 0.218 e. The molecule has 0 bridgehead atoms. The fourth-order valence-corrected chi connectivity index (χ4v) is 2.24. The molecule has 0 amide bonds. The molecule has 88 valence electrons. The Morgan fingerprint density at radius 1 is 1.41 bits per heavy atom. The molecule has 0 unspecified atom stereocenters. The molecule has 0 aliphatic carbocycles. The van der Waals surface area contributed by atoms with Gasteiger partial charge in [0.15, 0.2) is 0 Å². The number of rotatable bonds is 0. The van der Waals surface area contributed by atoms with E-state index in [4.69, 9.17) is 4.74 Å². The summed E-state index contributed by atoms with van der Waals surface area (Å²) >= 11 is 0. The molecule has 2 heterocycles. The van der Waals surface area contributed by atoms with E-state index in [9.17, 15) is 0 Å². The largest absolute Gasteiger partial charge is 0.473 e. The van der Waals surface area contributed by atoms with E-state index in [1.807, 2.05) is 0 Å². The number of fused-ring (bicyclic) bond motifs is 2. The Morgan fingerprint density at radius 3 is 3.18 bits per heavy atom. The summed E-state index contributed by atoms with van der Waals surface area (Å²) in [6.45, 7) is 5.84. The average molecular weight is 228 g/mol. The molecule has 1 N–H and O–H groups in total. The van der Waals surface area contributed by atoms with Gasteiger partial charge in [0.1, 0.15) is 6.10 Å². The number of nitrogens with zero attached hydrogens (tertiary/aromatic N) is 1. The first-order valence-corrected chi connectivity index (χ1v) is 6.00. The number of aryl methyl sites for hydroxylation is 1. The zero-order chi connectivity index (χ0) is 11.8. The van der Waals surface area contributed by atoms with E-state index in [-0.39, 0.29) is 6.10 Å². The summed E-state index contributed by atoms with van der Waals surface area (Å²) < 4.78 is 5.85. The second-order valence-corrected chi connectivity index (χ2v) is 4.66. The molecule has 2 aromatic rings. The molecule has 1 atom stereocenters. The molecule has 1 aliphatic rings. The number of nitrogens with one attached hydrogen (secondary N) is 1. The molecule has 0 saturated heterocycles. The summed E-state index contributed by atoms with van der Waals surface area (Å²) in [5, 5.41) is 4.55. The van der Waals surface area contributed by atoms with Crippen molar-refractivity contribution in [3.8, 4) is 5.88 Å². The van der Waals surface area contributed by atoms with Crippen molar-refractivity contribution in [2.24, 2.45) is 0 Å². The number of ether oxygens (including phenoxy) is 1. The SMILES string of the molecule is Cc1cccc2cc3c(nc12)O[C@H](C)CNC3. The first kappa shape index (κ1) is 10.5. The van der Waals surface area contributed by atoms with E-state index in [2.05, 4.69) is 48.4 Å². The number of pyridine rings is 1. The van der Waals surface area contributed by atoms with Gasteiger partial charge in [-0.05, 0) is 25.5 Å². The lowest BCUT2D eigenvalue weighted by atomic mass is 10.1. The quantitative estimate of drug-likeness (QED) is 0.752. The van der Waals surface area contributed by atoms with Gasteiger partial charge >= 0.3 is 0 Å². The van der Waals surface area contributed by atoms with Crippen LogP contribution in [-0.4, -0.2) is 17.6 Å². The third kappa shape index (κ3) is 1.87. The Bertz CT molecular complexity index is 565. The van der Waals surface area contributed by atoms with Gasteiger partial charge in [0.25, 0.3) is 0 Å². The zero-order valence-electron chi connectivity index (χ0n) is 10.2. The summed E-state index contributed by atoms with van der Waals surface area (Å²) in [6.07, 6.45) is 0.171. The monoisotopic (exact) mass is 228 g/mol. The van der Waals surface area contributed by atoms with Crippen molar-refractivity contribution < 1.29 is 4.74 Å². The molecule has 1 aromatic carbocycles. The molecule has 1 aromatic heterocycles. The Kier molecular flexibility index (Phi) is 2.48. The number of para-hydroxylation sites is 1. The van der Waals surface area contributed by atoms with Crippen molar-refractivity contribution in [1.29, 1.82) is 0 Å². The van der Waals surface area contributed by atoms with Crippen LogP contribution in [0.15, 0.2) is 24.3 Å². The normalized spacial score (nSPS) is 19.5. The van der Waals surface area contributed by atoms with Gasteiger partial charge in [-0.15, -0.1) is 0 Å². The van der Waals surface area contributed by atoms with Gasteiger partial charge in [0.05, 0.1) is 5.52 Å². The topological polar surface area (TPSA) is 34.1 Å². The van der Waals surface area contributed by atoms with Crippen LogP contribution in [0.2, 0.25) is 0 Å². The lowest BCUT2D eigenvalue weighted by Crippen LogP contribution is -2.25. The summed E-state index contributed by atoms with van der Waals surface area (Å²) in [5.41, 5.74) is 3.38. The fourth-order valence-electron chi connectivity index (χ4n) is 2.24. The van der Waals surface area contributed by atoms with Crippen LogP contribution in [0.5, 0.6) is 5.88 Å². The lowest BCUT2D eigenvalue weighted by molar-refractivity contribution is 0.218. The van der Waals surface area contributed by atoms with Crippen molar-refractivity contribution in [3.05, 3.63) is 35.4 Å². The molecule has 17 heavy (non-hydrogen) atoms. The first-order chi connectivity index (χ1) is 8.24. The molecule has 0 saturated carbocycles. The maximum atomic E-state index is 5.85. The summed E-state index contributed by atoms with van der Waals surface area (Å²) in [6, 6.07) is 8.43. The van der Waals surface area contributed by atoms with Crippen LogP contribution in [0.3, 0.4) is 0 Å². The van der Waals surface area contributed by atoms with Gasteiger partial charge in [0.2, 0.25) is 5.88 Å². The minimum Gasteiger partial charge on any atom is -0.473 e. The van der Waals surface area contributed by atoms with Gasteiger partial charge in [-0.25, -0.2) is 4.98 Å². The Balaban J connectivity index is 2.20. The van der Waals surface area contributed by atoms with Crippen LogP contribution in [0.4, 0.5) is 0 Å². The molecule has 3 nitrogen and oxygen atoms in total. The van der Waals surface area contributed by atoms with Crippen molar-refractivity contribution in [1.82, 2.24) is 10.3 Å². The van der Waals surface area contributed by atoms with Crippen LogP contribution >= 0.6 is 0 Å². The highest BCUT2D eigenvalue weighted by Crippen LogP contribution is 2.26. The van der Waals surface area contributed by atoms with E-state index < -0.39 is 0 Å². The predicted molar refractivity (Wildman–Crippen MR) is 68.3 cm³/mol. The number of hydrogen-bond donors (Lipinski definition) is 1. The highest BCUT2D eigenvalue weighted by Gasteiger charge is 2.16. The molecule has 3 heteroatoms.